The average molecular weight is 288 g/mol. The number of urea groups is 1. The SMILES string of the molecule is CN(CC1CCCOC1)C(=O)Nc1cnn2ccccc12. The number of pyridine rings is 1. The zero-order chi connectivity index (χ0) is 14.7. The molecule has 2 aromatic heterocycles. The third-order valence-electron chi connectivity index (χ3n) is 3.80. The molecule has 1 N–H and O–H groups in total. The van der Waals surface area contributed by atoms with Gasteiger partial charge in [0, 0.05) is 32.3 Å². The first kappa shape index (κ1) is 13.9. The minimum absolute atomic E-state index is 0.112. The predicted octanol–water partition coefficient (Wildman–Crippen LogP) is 2.22. The number of hydrogen-bond donors (Lipinski definition) is 1. The molecular weight excluding hydrogens is 268 g/mol. The van der Waals surface area contributed by atoms with Crippen LogP contribution in [0.25, 0.3) is 5.52 Å². The summed E-state index contributed by atoms with van der Waals surface area (Å²) in [7, 11) is 1.82. The fourth-order valence-corrected chi connectivity index (χ4v) is 2.66. The lowest BCUT2D eigenvalue weighted by molar-refractivity contribution is 0.0464. The molecule has 1 fully saturated rings. The fraction of sp³-hybridized carbons (Fsp3) is 0.467. The molecule has 3 rings (SSSR count). The highest BCUT2D eigenvalue weighted by atomic mass is 16.5. The second kappa shape index (κ2) is 6.13. The van der Waals surface area contributed by atoms with E-state index in [4.69, 9.17) is 4.74 Å². The number of amides is 2. The molecule has 21 heavy (non-hydrogen) atoms. The molecule has 6 nitrogen and oxygen atoms in total. The monoisotopic (exact) mass is 288 g/mol. The number of anilines is 1. The van der Waals surface area contributed by atoms with E-state index in [2.05, 4.69) is 10.4 Å². The Morgan fingerprint density at radius 1 is 1.57 bits per heavy atom. The van der Waals surface area contributed by atoms with Crippen molar-refractivity contribution in [3.05, 3.63) is 30.6 Å². The lowest BCUT2D eigenvalue weighted by Crippen LogP contribution is -2.37. The smallest absolute Gasteiger partial charge is 0.321 e. The highest BCUT2D eigenvalue weighted by molar-refractivity contribution is 5.93. The lowest BCUT2D eigenvalue weighted by Gasteiger charge is -2.27. The number of ether oxygens (including phenoxy) is 1. The van der Waals surface area contributed by atoms with Crippen LogP contribution in [0.3, 0.4) is 0 Å². The third kappa shape index (κ3) is 3.16. The van der Waals surface area contributed by atoms with Crippen molar-refractivity contribution in [3.8, 4) is 0 Å². The minimum atomic E-state index is -0.112. The Kier molecular flexibility index (Phi) is 4.06. The number of carbonyl (C=O) groups is 1. The van der Waals surface area contributed by atoms with Gasteiger partial charge in [0.2, 0.25) is 0 Å². The van der Waals surface area contributed by atoms with Gasteiger partial charge < -0.3 is 15.0 Å². The number of hydrogen-bond acceptors (Lipinski definition) is 3. The summed E-state index contributed by atoms with van der Waals surface area (Å²) in [4.78, 5) is 14.0. The van der Waals surface area contributed by atoms with E-state index in [0.717, 1.165) is 37.3 Å². The van der Waals surface area contributed by atoms with E-state index in [1.165, 1.54) is 0 Å². The molecule has 2 aromatic rings. The number of carbonyl (C=O) groups excluding carboxylic acids is 1. The molecule has 1 atom stereocenters. The van der Waals surface area contributed by atoms with Crippen LogP contribution in [-0.2, 0) is 4.74 Å². The molecule has 0 radical (unpaired) electrons. The Hall–Kier alpha value is -2.08. The van der Waals surface area contributed by atoms with Crippen molar-refractivity contribution < 1.29 is 9.53 Å². The minimum Gasteiger partial charge on any atom is -0.381 e. The van der Waals surface area contributed by atoms with Crippen LogP contribution in [-0.4, -0.2) is 47.4 Å². The van der Waals surface area contributed by atoms with Crippen LogP contribution in [0.2, 0.25) is 0 Å². The number of nitrogens with one attached hydrogen (secondary N) is 1. The second-order valence-corrected chi connectivity index (χ2v) is 5.48. The molecule has 6 heteroatoms. The second-order valence-electron chi connectivity index (χ2n) is 5.48. The van der Waals surface area contributed by atoms with Gasteiger partial charge in [0.1, 0.15) is 0 Å². The summed E-state index contributed by atoms with van der Waals surface area (Å²) < 4.78 is 7.20. The average Bonchev–Trinajstić information content (AvgIpc) is 2.91. The quantitative estimate of drug-likeness (QED) is 0.942. The largest absolute Gasteiger partial charge is 0.381 e. The van der Waals surface area contributed by atoms with Crippen LogP contribution in [0.5, 0.6) is 0 Å². The molecule has 0 aliphatic carbocycles. The summed E-state index contributed by atoms with van der Waals surface area (Å²) in [6.07, 6.45) is 5.72. The molecule has 1 saturated heterocycles. The first-order chi connectivity index (χ1) is 10.2. The maximum atomic E-state index is 12.3. The van der Waals surface area contributed by atoms with Gasteiger partial charge in [-0.05, 0) is 25.0 Å². The molecule has 3 heterocycles. The third-order valence-corrected chi connectivity index (χ3v) is 3.80. The summed E-state index contributed by atoms with van der Waals surface area (Å²) in [6.45, 7) is 2.30. The van der Waals surface area contributed by atoms with Crippen molar-refractivity contribution in [1.82, 2.24) is 14.5 Å². The Morgan fingerprint density at radius 2 is 2.48 bits per heavy atom. The Labute approximate surface area is 123 Å². The summed E-state index contributed by atoms with van der Waals surface area (Å²) in [5.41, 5.74) is 1.62. The topological polar surface area (TPSA) is 58.9 Å². The number of rotatable bonds is 3. The van der Waals surface area contributed by atoms with E-state index in [1.54, 1.807) is 15.6 Å². The molecule has 1 aliphatic rings. The molecule has 0 saturated carbocycles. The van der Waals surface area contributed by atoms with Gasteiger partial charge >= 0.3 is 6.03 Å². The Morgan fingerprint density at radius 3 is 3.29 bits per heavy atom. The zero-order valence-electron chi connectivity index (χ0n) is 12.2. The summed E-state index contributed by atoms with van der Waals surface area (Å²) >= 11 is 0. The van der Waals surface area contributed by atoms with Gasteiger partial charge in [-0.15, -0.1) is 0 Å². The van der Waals surface area contributed by atoms with Crippen molar-refractivity contribution in [3.63, 3.8) is 0 Å². The molecule has 1 aliphatic heterocycles. The maximum absolute atomic E-state index is 12.3. The van der Waals surface area contributed by atoms with Crippen LogP contribution < -0.4 is 5.32 Å². The van der Waals surface area contributed by atoms with Crippen LogP contribution in [0.1, 0.15) is 12.8 Å². The van der Waals surface area contributed by atoms with Crippen LogP contribution >= 0.6 is 0 Å². The van der Waals surface area contributed by atoms with Crippen LogP contribution in [0, 0.1) is 5.92 Å². The van der Waals surface area contributed by atoms with E-state index >= 15 is 0 Å². The number of nitrogens with zero attached hydrogens (tertiary/aromatic N) is 3. The summed E-state index contributed by atoms with van der Waals surface area (Å²) in [6, 6.07) is 5.65. The van der Waals surface area contributed by atoms with E-state index in [-0.39, 0.29) is 6.03 Å². The molecule has 112 valence electrons. The van der Waals surface area contributed by atoms with Crippen molar-refractivity contribution in [2.45, 2.75) is 12.8 Å². The molecule has 0 aromatic carbocycles. The highest BCUT2D eigenvalue weighted by Gasteiger charge is 2.19. The first-order valence-corrected chi connectivity index (χ1v) is 7.26. The van der Waals surface area contributed by atoms with Crippen LogP contribution in [0.15, 0.2) is 30.6 Å². The summed E-state index contributed by atoms with van der Waals surface area (Å²) in [5, 5.41) is 7.13. The Bertz CT molecular complexity index is 619. The van der Waals surface area contributed by atoms with E-state index in [9.17, 15) is 4.79 Å². The predicted molar refractivity (Wildman–Crippen MR) is 80.4 cm³/mol. The van der Waals surface area contributed by atoms with Crippen LogP contribution in [0.4, 0.5) is 10.5 Å². The standard InChI is InChI=1S/C15H20N4O2/c1-18(10-12-5-4-8-21-11-12)15(20)17-13-9-16-19-7-3-2-6-14(13)19/h2-3,6-7,9,12H,4-5,8,10-11H2,1H3,(H,17,20). The van der Waals surface area contributed by atoms with E-state index in [1.807, 2.05) is 31.4 Å². The van der Waals surface area contributed by atoms with Gasteiger partial charge in [-0.1, -0.05) is 6.07 Å². The molecule has 0 bridgehead atoms. The number of fused-ring (bicyclic) bond motifs is 1. The fourth-order valence-electron chi connectivity index (χ4n) is 2.66. The van der Waals surface area contributed by atoms with Gasteiger partial charge in [-0.2, -0.15) is 5.10 Å². The Balaban J connectivity index is 1.62. The lowest BCUT2D eigenvalue weighted by atomic mass is 10.0. The molecule has 2 amide bonds. The number of aromatic nitrogens is 2. The molecule has 1 unspecified atom stereocenters. The van der Waals surface area contributed by atoms with Gasteiger partial charge in [0.15, 0.2) is 0 Å². The van der Waals surface area contributed by atoms with Crippen molar-refractivity contribution in [2.24, 2.45) is 5.92 Å². The van der Waals surface area contributed by atoms with Gasteiger partial charge in [0.05, 0.1) is 24.0 Å². The van der Waals surface area contributed by atoms with Gasteiger partial charge in [-0.25, -0.2) is 9.31 Å². The van der Waals surface area contributed by atoms with Crippen molar-refractivity contribution in [2.75, 3.05) is 32.1 Å². The van der Waals surface area contributed by atoms with Gasteiger partial charge in [-0.3, -0.25) is 0 Å². The zero-order valence-corrected chi connectivity index (χ0v) is 12.2. The molecule has 0 spiro atoms. The van der Waals surface area contributed by atoms with E-state index in [0.29, 0.717) is 12.5 Å². The van der Waals surface area contributed by atoms with Crippen molar-refractivity contribution >= 4 is 17.2 Å². The van der Waals surface area contributed by atoms with E-state index < -0.39 is 0 Å². The van der Waals surface area contributed by atoms with Crippen molar-refractivity contribution in [1.29, 1.82) is 0 Å². The van der Waals surface area contributed by atoms with Gasteiger partial charge in [0.25, 0.3) is 0 Å². The molecular formula is C15H20N4O2. The maximum Gasteiger partial charge on any atom is 0.321 e. The highest BCUT2D eigenvalue weighted by Crippen LogP contribution is 2.18. The summed E-state index contributed by atoms with van der Waals surface area (Å²) in [5.74, 6) is 0.429. The normalized spacial score (nSPS) is 18.6. The first-order valence-electron chi connectivity index (χ1n) is 7.26.